The van der Waals surface area contributed by atoms with E-state index in [4.69, 9.17) is 28.2 Å². The third kappa shape index (κ3) is 3.37. The third-order valence-corrected chi connectivity index (χ3v) is 4.61. The minimum absolute atomic E-state index is 0.0517. The van der Waals surface area contributed by atoms with Crippen LogP contribution >= 0.6 is 23.8 Å². The number of fused-ring (bicyclic) bond motifs is 1. The summed E-state index contributed by atoms with van der Waals surface area (Å²) < 4.78 is 19.1. The number of rotatable bonds is 3. The van der Waals surface area contributed by atoms with Crippen molar-refractivity contribution >= 4 is 45.6 Å². The molecule has 0 aliphatic carbocycles. The van der Waals surface area contributed by atoms with Crippen molar-refractivity contribution in [3.63, 3.8) is 0 Å². The van der Waals surface area contributed by atoms with Crippen molar-refractivity contribution in [2.24, 2.45) is 0 Å². The summed E-state index contributed by atoms with van der Waals surface area (Å²) in [5, 5.41) is 4.65. The Morgan fingerprint density at radius 2 is 2.00 bits per heavy atom. The molecule has 0 fully saturated rings. The molecule has 0 aliphatic rings. The highest BCUT2D eigenvalue weighted by molar-refractivity contribution is 7.80. The van der Waals surface area contributed by atoms with Crippen LogP contribution in [0.3, 0.4) is 0 Å². The van der Waals surface area contributed by atoms with Gasteiger partial charge in [-0.05, 0) is 49.5 Å². The molecule has 0 bridgehead atoms. The molecule has 3 aromatic rings. The highest BCUT2D eigenvalue weighted by atomic mass is 35.5. The lowest BCUT2D eigenvalue weighted by atomic mass is 10.2. The van der Waals surface area contributed by atoms with Crippen LogP contribution in [-0.2, 0) is 0 Å². The average Bonchev–Trinajstić information content (AvgIpc) is 3.01. The number of nitrogens with zero attached hydrogens (tertiary/aromatic N) is 1. The fourth-order valence-electron chi connectivity index (χ4n) is 2.36. The Labute approximate surface area is 150 Å². The second-order valence-electron chi connectivity index (χ2n) is 5.53. The minimum Gasteiger partial charge on any atom is -0.459 e. The summed E-state index contributed by atoms with van der Waals surface area (Å²) in [4.78, 5) is 1.88. The first-order valence-corrected chi connectivity index (χ1v) is 8.21. The predicted octanol–water partition coefficient (Wildman–Crippen LogP) is 5.62. The van der Waals surface area contributed by atoms with Crippen molar-refractivity contribution in [1.82, 2.24) is 4.90 Å². The lowest BCUT2D eigenvalue weighted by molar-refractivity contribution is 0.348. The van der Waals surface area contributed by atoms with Gasteiger partial charge in [-0.1, -0.05) is 29.8 Å². The number of halogens is 2. The van der Waals surface area contributed by atoms with Gasteiger partial charge in [0.25, 0.3) is 0 Å². The summed E-state index contributed by atoms with van der Waals surface area (Å²) in [5.74, 6) is 0.358. The molecular formula is C18H16ClFN2OS. The summed E-state index contributed by atoms with van der Waals surface area (Å²) in [6.45, 7) is 2.00. The molecular weight excluding hydrogens is 347 g/mol. The molecule has 1 aromatic heterocycles. The first-order chi connectivity index (χ1) is 11.5. The molecule has 0 saturated heterocycles. The SMILES string of the molecule is CC(c1cc2ccccc2o1)N(C)C(=S)Nc1ccc(F)c(Cl)c1. The lowest BCUT2D eigenvalue weighted by Gasteiger charge is -2.26. The standard InChI is InChI=1S/C18H16ClFN2OS/c1-11(17-9-12-5-3-4-6-16(12)23-17)22(2)18(24)21-13-7-8-15(20)14(19)10-13/h3-11H,1-2H3,(H,21,24). The van der Waals surface area contributed by atoms with Gasteiger partial charge in [-0.3, -0.25) is 0 Å². The molecule has 0 saturated carbocycles. The monoisotopic (exact) mass is 362 g/mol. The summed E-state index contributed by atoms with van der Waals surface area (Å²) in [7, 11) is 1.87. The van der Waals surface area contributed by atoms with Gasteiger partial charge in [0.1, 0.15) is 17.2 Å². The summed E-state index contributed by atoms with van der Waals surface area (Å²) >= 11 is 11.2. The molecule has 2 aromatic carbocycles. The van der Waals surface area contributed by atoms with E-state index in [1.165, 1.54) is 12.1 Å². The van der Waals surface area contributed by atoms with Crippen LogP contribution in [0.4, 0.5) is 10.1 Å². The van der Waals surface area contributed by atoms with Crippen molar-refractivity contribution in [2.45, 2.75) is 13.0 Å². The molecule has 0 amide bonds. The average molecular weight is 363 g/mol. The van der Waals surface area contributed by atoms with E-state index in [0.29, 0.717) is 10.8 Å². The maximum atomic E-state index is 13.2. The third-order valence-electron chi connectivity index (χ3n) is 3.93. The molecule has 0 radical (unpaired) electrons. The number of furan rings is 1. The van der Waals surface area contributed by atoms with Gasteiger partial charge in [-0.2, -0.15) is 0 Å². The zero-order chi connectivity index (χ0) is 17.3. The normalized spacial score (nSPS) is 12.2. The van der Waals surface area contributed by atoms with E-state index >= 15 is 0 Å². The Kier molecular flexibility index (Phi) is 4.73. The summed E-state index contributed by atoms with van der Waals surface area (Å²) in [5.41, 5.74) is 1.48. The molecule has 0 aliphatic heterocycles. The Hall–Kier alpha value is -2.11. The van der Waals surface area contributed by atoms with E-state index in [1.807, 2.05) is 49.2 Å². The van der Waals surface area contributed by atoms with E-state index in [0.717, 1.165) is 16.7 Å². The molecule has 3 rings (SSSR count). The molecule has 1 unspecified atom stereocenters. The first kappa shape index (κ1) is 16.7. The maximum absolute atomic E-state index is 13.2. The van der Waals surface area contributed by atoms with Gasteiger partial charge in [-0.25, -0.2) is 4.39 Å². The molecule has 6 heteroatoms. The van der Waals surface area contributed by atoms with Gasteiger partial charge in [0.05, 0.1) is 11.1 Å². The number of thiocarbonyl (C=S) groups is 1. The van der Waals surface area contributed by atoms with Crippen molar-refractivity contribution in [2.75, 3.05) is 12.4 Å². The highest BCUT2D eigenvalue weighted by Crippen LogP contribution is 2.27. The van der Waals surface area contributed by atoms with Crippen LogP contribution < -0.4 is 5.32 Å². The van der Waals surface area contributed by atoms with E-state index in [2.05, 4.69) is 5.32 Å². The lowest BCUT2D eigenvalue weighted by Crippen LogP contribution is -2.33. The van der Waals surface area contributed by atoms with Crippen LogP contribution in [0.5, 0.6) is 0 Å². The van der Waals surface area contributed by atoms with Crippen LogP contribution in [0, 0.1) is 5.82 Å². The number of para-hydroxylation sites is 1. The van der Waals surface area contributed by atoms with E-state index in [1.54, 1.807) is 6.07 Å². The van der Waals surface area contributed by atoms with Crippen LogP contribution in [0.15, 0.2) is 52.9 Å². The van der Waals surface area contributed by atoms with Gasteiger partial charge in [0.2, 0.25) is 0 Å². The van der Waals surface area contributed by atoms with E-state index in [-0.39, 0.29) is 11.1 Å². The van der Waals surface area contributed by atoms with Crippen molar-refractivity contribution in [1.29, 1.82) is 0 Å². The predicted molar refractivity (Wildman–Crippen MR) is 100 cm³/mol. The maximum Gasteiger partial charge on any atom is 0.173 e. The molecule has 1 N–H and O–H groups in total. The number of anilines is 1. The van der Waals surface area contributed by atoms with Gasteiger partial charge >= 0.3 is 0 Å². The van der Waals surface area contributed by atoms with E-state index < -0.39 is 5.82 Å². The Morgan fingerprint density at radius 3 is 2.71 bits per heavy atom. The molecule has 1 heterocycles. The minimum atomic E-state index is -0.461. The topological polar surface area (TPSA) is 28.4 Å². The Balaban J connectivity index is 1.75. The van der Waals surface area contributed by atoms with Gasteiger partial charge < -0.3 is 14.6 Å². The smallest absolute Gasteiger partial charge is 0.173 e. The van der Waals surface area contributed by atoms with Crippen molar-refractivity contribution < 1.29 is 8.81 Å². The molecule has 24 heavy (non-hydrogen) atoms. The van der Waals surface area contributed by atoms with Crippen LogP contribution in [0.1, 0.15) is 18.7 Å². The molecule has 0 spiro atoms. The van der Waals surface area contributed by atoms with E-state index in [9.17, 15) is 4.39 Å². The Morgan fingerprint density at radius 1 is 1.25 bits per heavy atom. The number of hydrogen-bond donors (Lipinski definition) is 1. The highest BCUT2D eigenvalue weighted by Gasteiger charge is 2.18. The fraction of sp³-hybridized carbons (Fsp3) is 0.167. The van der Waals surface area contributed by atoms with Gasteiger partial charge in [0.15, 0.2) is 5.11 Å². The zero-order valence-electron chi connectivity index (χ0n) is 13.2. The molecule has 1 atom stereocenters. The largest absolute Gasteiger partial charge is 0.459 e. The second kappa shape index (κ2) is 6.79. The van der Waals surface area contributed by atoms with Crippen LogP contribution in [0.25, 0.3) is 11.0 Å². The summed E-state index contributed by atoms with van der Waals surface area (Å²) in [6, 6.07) is 14.2. The van der Waals surface area contributed by atoms with Crippen LogP contribution in [-0.4, -0.2) is 17.1 Å². The van der Waals surface area contributed by atoms with Crippen molar-refractivity contribution in [3.05, 3.63) is 65.1 Å². The summed E-state index contributed by atoms with van der Waals surface area (Å²) in [6.07, 6.45) is 0. The number of benzene rings is 2. The van der Waals surface area contributed by atoms with Crippen molar-refractivity contribution in [3.8, 4) is 0 Å². The molecule has 124 valence electrons. The fourth-order valence-corrected chi connectivity index (χ4v) is 2.82. The quantitative estimate of drug-likeness (QED) is 0.612. The number of hydrogen-bond acceptors (Lipinski definition) is 2. The molecule has 3 nitrogen and oxygen atoms in total. The number of nitrogens with one attached hydrogen (secondary N) is 1. The van der Waals surface area contributed by atoms with Gasteiger partial charge in [-0.15, -0.1) is 0 Å². The van der Waals surface area contributed by atoms with Gasteiger partial charge in [0, 0.05) is 18.1 Å². The Bertz CT molecular complexity index is 863. The second-order valence-corrected chi connectivity index (χ2v) is 6.33. The zero-order valence-corrected chi connectivity index (χ0v) is 14.8. The van der Waals surface area contributed by atoms with Crippen LogP contribution in [0.2, 0.25) is 5.02 Å². The first-order valence-electron chi connectivity index (χ1n) is 7.43.